The quantitative estimate of drug-likeness (QED) is 0.750. The van der Waals surface area contributed by atoms with Gasteiger partial charge in [-0.1, -0.05) is 30.3 Å². The largest absolute Gasteiger partial charge is 0.301 e. The van der Waals surface area contributed by atoms with Crippen LogP contribution in [0, 0.1) is 6.92 Å². The summed E-state index contributed by atoms with van der Waals surface area (Å²) >= 11 is 3.35. The van der Waals surface area contributed by atoms with Crippen molar-refractivity contribution in [2.75, 3.05) is 18.4 Å². The summed E-state index contributed by atoms with van der Waals surface area (Å²) in [6.45, 7) is 4.25. The summed E-state index contributed by atoms with van der Waals surface area (Å²) in [7, 11) is 0. The number of aryl methyl sites for hydroxylation is 1. The summed E-state index contributed by atoms with van der Waals surface area (Å²) in [5.74, 6) is 0.00652. The first-order valence-electron chi connectivity index (χ1n) is 8.29. The third kappa shape index (κ3) is 3.66. The third-order valence-corrected chi connectivity index (χ3v) is 6.25. The fraction of sp³-hybridized carbons (Fsp3) is 0.263. The van der Waals surface area contributed by atoms with Crippen molar-refractivity contribution < 1.29 is 4.79 Å². The molecule has 1 N–H and O–H groups in total. The number of nitrogens with one attached hydrogen (secondary N) is 1. The zero-order chi connectivity index (χ0) is 17.2. The Labute approximate surface area is 155 Å². The molecule has 0 bridgehead atoms. The van der Waals surface area contributed by atoms with Gasteiger partial charge in [-0.05, 0) is 30.4 Å². The number of carbonyl (C=O) groups is 1. The summed E-state index contributed by atoms with van der Waals surface area (Å²) in [4.78, 5) is 21.8. The molecule has 6 heteroatoms. The van der Waals surface area contributed by atoms with Gasteiger partial charge in [0.1, 0.15) is 0 Å². The van der Waals surface area contributed by atoms with Crippen molar-refractivity contribution in [1.82, 2.24) is 9.88 Å². The van der Waals surface area contributed by atoms with Crippen LogP contribution in [0.5, 0.6) is 0 Å². The van der Waals surface area contributed by atoms with Gasteiger partial charge in [-0.2, -0.15) is 0 Å². The monoisotopic (exact) mass is 369 g/mol. The summed E-state index contributed by atoms with van der Waals surface area (Å²) in [5.41, 5.74) is 3.39. The van der Waals surface area contributed by atoms with Gasteiger partial charge in [0.25, 0.3) is 0 Å². The van der Waals surface area contributed by atoms with Crippen molar-refractivity contribution in [3.8, 4) is 11.3 Å². The van der Waals surface area contributed by atoms with Crippen molar-refractivity contribution >= 4 is 33.7 Å². The molecule has 0 saturated carbocycles. The number of fused-ring (bicyclic) bond motifs is 1. The van der Waals surface area contributed by atoms with E-state index in [-0.39, 0.29) is 5.91 Å². The van der Waals surface area contributed by atoms with Crippen molar-refractivity contribution in [2.45, 2.75) is 19.9 Å². The SMILES string of the molecule is Cc1sc(NC(=O)CN2CCc3sccc3C2)nc1-c1ccccc1. The van der Waals surface area contributed by atoms with Gasteiger partial charge in [-0.15, -0.1) is 22.7 Å². The fourth-order valence-electron chi connectivity index (χ4n) is 3.12. The molecule has 0 atom stereocenters. The molecule has 0 radical (unpaired) electrons. The maximum absolute atomic E-state index is 12.4. The minimum Gasteiger partial charge on any atom is -0.301 e. The second kappa shape index (κ2) is 7.07. The van der Waals surface area contributed by atoms with E-state index in [1.165, 1.54) is 21.8 Å². The summed E-state index contributed by atoms with van der Waals surface area (Å²) in [6.07, 6.45) is 1.04. The number of nitrogens with zero attached hydrogens (tertiary/aromatic N) is 2. The number of carbonyl (C=O) groups excluding carboxylic acids is 1. The molecule has 4 rings (SSSR count). The Kier molecular flexibility index (Phi) is 4.65. The predicted octanol–water partition coefficient (Wildman–Crippen LogP) is 4.18. The Bertz CT molecular complexity index is 885. The highest BCUT2D eigenvalue weighted by Gasteiger charge is 2.20. The number of hydrogen-bond donors (Lipinski definition) is 1. The molecule has 0 aliphatic carbocycles. The van der Waals surface area contributed by atoms with Crippen molar-refractivity contribution in [1.29, 1.82) is 0 Å². The first kappa shape index (κ1) is 16.4. The molecule has 1 amide bonds. The lowest BCUT2D eigenvalue weighted by molar-refractivity contribution is -0.117. The molecule has 3 aromatic rings. The second-order valence-corrected chi connectivity index (χ2v) is 8.37. The van der Waals surface area contributed by atoms with Gasteiger partial charge in [0.2, 0.25) is 5.91 Å². The maximum atomic E-state index is 12.4. The molecular formula is C19H19N3OS2. The molecule has 128 valence electrons. The smallest absolute Gasteiger partial charge is 0.240 e. The van der Waals surface area contributed by atoms with E-state index in [1.807, 2.05) is 48.6 Å². The van der Waals surface area contributed by atoms with E-state index in [1.54, 1.807) is 0 Å². The van der Waals surface area contributed by atoms with E-state index in [0.717, 1.165) is 35.6 Å². The first-order chi connectivity index (χ1) is 12.2. The van der Waals surface area contributed by atoms with Crippen LogP contribution < -0.4 is 5.32 Å². The Morgan fingerprint density at radius 2 is 2.12 bits per heavy atom. The van der Waals surface area contributed by atoms with Gasteiger partial charge in [0.05, 0.1) is 12.2 Å². The number of benzene rings is 1. The van der Waals surface area contributed by atoms with Crippen LogP contribution in [0.3, 0.4) is 0 Å². The third-order valence-electron chi connectivity index (χ3n) is 4.34. The lowest BCUT2D eigenvalue weighted by Crippen LogP contribution is -2.36. The van der Waals surface area contributed by atoms with Crippen LogP contribution in [0.15, 0.2) is 41.8 Å². The average Bonchev–Trinajstić information content (AvgIpc) is 3.21. The van der Waals surface area contributed by atoms with Gasteiger partial charge in [-0.3, -0.25) is 9.69 Å². The van der Waals surface area contributed by atoms with Gasteiger partial charge in [0.15, 0.2) is 5.13 Å². The van der Waals surface area contributed by atoms with Gasteiger partial charge < -0.3 is 5.32 Å². The molecule has 25 heavy (non-hydrogen) atoms. The van der Waals surface area contributed by atoms with Gasteiger partial charge in [0, 0.05) is 28.4 Å². The van der Waals surface area contributed by atoms with Crippen LogP contribution >= 0.6 is 22.7 Å². The molecule has 1 aromatic carbocycles. The summed E-state index contributed by atoms with van der Waals surface area (Å²) in [5, 5.41) is 5.78. The molecule has 1 aliphatic rings. The molecule has 0 fully saturated rings. The van der Waals surface area contributed by atoms with E-state index in [4.69, 9.17) is 0 Å². The Balaban J connectivity index is 1.40. The molecule has 3 heterocycles. The molecule has 2 aromatic heterocycles. The number of anilines is 1. The highest BCUT2D eigenvalue weighted by molar-refractivity contribution is 7.16. The van der Waals surface area contributed by atoms with Crippen molar-refractivity contribution in [2.24, 2.45) is 0 Å². The van der Waals surface area contributed by atoms with Crippen molar-refractivity contribution in [3.05, 3.63) is 57.1 Å². The molecular weight excluding hydrogens is 350 g/mol. The van der Waals surface area contributed by atoms with Crippen LogP contribution in [0.2, 0.25) is 0 Å². The van der Waals surface area contributed by atoms with Crippen LogP contribution in [-0.2, 0) is 17.8 Å². The first-order valence-corrected chi connectivity index (χ1v) is 9.99. The molecule has 0 unspecified atom stereocenters. The van der Waals surface area contributed by atoms with Crippen LogP contribution in [0.4, 0.5) is 5.13 Å². The molecule has 0 spiro atoms. The molecule has 4 nitrogen and oxygen atoms in total. The number of hydrogen-bond acceptors (Lipinski definition) is 5. The van der Waals surface area contributed by atoms with E-state index >= 15 is 0 Å². The van der Waals surface area contributed by atoms with Crippen LogP contribution in [-0.4, -0.2) is 28.9 Å². The second-order valence-electron chi connectivity index (χ2n) is 6.17. The van der Waals surface area contributed by atoms with Crippen LogP contribution in [0.1, 0.15) is 15.3 Å². The summed E-state index contributed by atoms with van der Waals surface area (Å²) < 4.78 is 0. The lowest BCUT2D eigenvalue weighted by atomic mass is 10.1. The Morgan fingerprint density at radius 1 is 1.28 bits per heavy atom. The highest BCUT2D eigenvalue weighted by Crippen LogP contribution is 2.30. The zero-order valence-electron chi connectivity index (χ0n) is 14.0. The predicted molar refractivity (Wildman–Crippen MR) is 104 cm³/mol. The summed E-state index contributed by atoms with van der Waals surface area (Å²) in [6, 6.07) is 12.2. The fourth-order valence-corrected chi connectivity index (χ4v) is 4.86. The number of thiophene rings is 1. The van der Waals surface area contributed by atoms with E-state index in [0.29, 0.717) is 11.7 Å². The number of thiazole rings is 1. The van der Waals surface area contributed by atoms with Crippen LogP contribution in [0.25, 0.3) is 11.3 Å². The highest BCUT2D eigenvalue weighted by atomic mass is 32.1. The maximum Gasteiger partial charge on any atom is 0.240 e. The zero-order valence-corrected chi connectivity index (χ0v) is 15.6. The normalized spacial score (nSPS) is 14.3. The number of aromatic nitrogens is 1. The van der Waals surface area contributed by atoms with E-state index in [2.05, 4.69) is 26.6 Å². The Morgan fingerprint density at radius 3 is 2.96 bits per heavy atom. The number of amides is 1. The average molecular weight is 370 g/mol. The Hall–Kier alpha value is -2.02. The van der Waals surface area contributed by atoms with Gasteiger partial charge in [-0.25, -0.2) is 4.98 Å². The lowest BCUT2D eigenvalue weighted by Gasteiger charge is -2.25. The van der Waals surface area contributed by atoms with Gasteiger partial charge >= 0.3 is 0 Å². The van der Waals surface area contributed by atoms with E-state index in [9.17, 15) is 4.79 Å². The molecule has 0 saturated heterocycles. The minimum atomic E-state index is 0.00652. The molecule has 1 aliphatic heterocycles. The topological polar surface area (TPSA) is 45.2 Å². The minimum absolute atomic E-state index is 0.00652. The van der Waals surface area contributed by atoms with E-state index < -0.39 is 0 Å². The number of rotatable bonds is 4. The standard InChI is InChI=1S/C19H19N3OS2/c1-13-18(14-5-3-2-4-6-14)21-19(25-13)20-17(23)12-22-9-7-16-15(11-22)8-10-24-16/h2-6,8,10H,7,9,11-12H2,1H3,(H,20,21,23). The van der Waals surface area contributed by atoms with Crippen molar-refractivity contribution in [3.63, 3.8) is 0 Å².